The first-order valence-electron chi connectivity index (χ1n) is 7.05. The minimum Gasteiger partial charge on any atom is -0.351 e. The van der Waals surface area contributed by atoms with Crippen LogP contribution in [0.5, 0.6) is 0 Å². The summed E-state index contributed by atoms with van der Waals surface area (Å²) in [6, 6.07) is 14.0. The van der Waals surface area contributed by atoms with E-state index in [9.17, 15) is 4.79 Å². The average Bonchev–Trinajstić information content (AvgIpc) is 2.91. The molecule has 0 saturated heterocycles. The van der Waals surface area contributed by atoms with Crippen LogP contribution in [0.2, 0.25) is 0 Å². The van der Waals surface area contributed by atoms with Gasteiger partial charge in [0.25, 0.3) is 0 Å². The minimum absolute atomic E-state index is 0.0290. The predicted molar refractivity (Wildman–Crippen MR) is 95.8 cm³/mol. The van der Waals surface area contributed by atoms with Crippen LogP contribution in [0.1, 0.15) is 10.4 Å². The Balaban J connectivity index is 1.84. The van der Waals surface area contributed by atoms with Crippen LogP contribution in [-0.2, 0) is 17.9 Å². The molecule has 3 nitrogen and oxygen atoms in total. The van der Waals surface area contributed by atoms with E-state index in [1.165, 1.54) is 4.88 Å². The van der Waals surface area contributed by atoms with Crippen molar-refractivity contribution in [3.8, 4) is 0 Å². The van der Waals surface area contributed by atoms with E-state index in [1.807, 2.05) is 42.5 Å². The summed E-state index contributed by atoms with van der Waals surface area (Å²) < 4.78 is 1.11. The summed E-state index contributed by atoms with van der Waals surface area (Å²) >= 11 is 5.15. The van der Waals surface area contributed by atoms with Crippen molar-refractivity contribution >= 4 is 33.2 Å². The van der Waals surface area contributed by atoms with Gasteiger partial charge in [0.15, 0.2) is 0 Å². The van der Waals surface area contributed by atoms with E-state index < -0.39 is 0 Å². The summed E-state index contributed by atoms with van der Waals surface area (Å²) in [6.07, 6.45) is 1.83. The lowest BCUT2D eigenvalue weighted by Crippen LogP contribution is -2.36. The van der Waals surface area contributed by atoms with Gasteiger partial charge in [0.05, 0.1) is 10.3 Å². The molecule has 1 heterocycles. The fourth-order valence-corrected chi connectivity index (χ4v) is 3.61. The molecule has 116 valence electrons. The minimum atomic E-state index is 0.0290. The molecule has 1 aromatic carbocycles. The highest BCUT2D eigenvalue weighted by Crippen LogP contribution is 2.23. The summed E-state index contributed by atoms with van der Waals surface area (Å²) in [6.45, 7) is 6.14. The summed E-state index contributed by atoms with van der Waals surface area (Å²) in [5, 5.41) is 2.96. The maximum Gasteiger partial charge on any atom is 0.234 e. The van der Waals surface area contributed by atoms with Crippen LogP contribution >= 0.6 is 27.3 Å². The van der Waals surface area contributed by atoms with Crippen LogP contribution in [0.4, 0.5) is 0 Å². The molecular formula is C17H19BrN2OS. The van der Waals surface area contributed by atoms with Gasteiger partial charge >= 0.3 is 0 Å². The Hall–Kier alpha value is -1.43. The third kappa shape index (κ3) is 5.75. The van der Waals surface area contributed by atoms with Crippen molar-refractivity contribution < 1.29 is 4.79 Å². The number of carbonyl (C=O) groups excluding carboxylic acids is 1. The molecule has 0 aliphatic carbocycles. The maximum atomic E-state index is 12.1. The maximum absolute atomic E-state index is 12.1. The molecule has 1 N–H and O–H groups in total. The number of nitrogens with zero attached hydrogens (tertiary/aromatic N) is 1. The second-order valence-corrected chi connectivity index (χ2v) is 7.47. The highest BCUT2D eigenvalue weighted by molar-refractivity contribution is 9.11. The topological polar surface area (TPSA) is 32.3 Å². The van der Waals surface area contributed by atoms with E-state index in [1.54, 1.807) is 11.3 Å². The highest BCUT2D eigenvalue weighted by atomic mass is 79.9. The summed E-state index contributed by atoms with van der Waals surface area (Å²) in [5.41, 5.74) is 1.10. The Morgan fingerprint density at radius 1 is 1.27 bits per heavy atom. The second-order valence-electron chi connectivity index (χ2n) is 4.93. The van der Waals surface area contributed by atoms with Gasteiger partial charge in [0, 0.05) is 24.5 Å². The van der Waals surface area contributed by atoms with Gasteiger partial charge < -0.3 is 5.32 Å². The van der Waals surface area contributed by atoms with Crippen LogP contribution in [0.3, 0.4) is 0 Å². The Morgan fingerprint density at radius 3 is 2.68 bits per heavy atom. The highest BCUT2D eigenvalue weighted by Gasteiger charge is 2.11. The number of benzene rings is 1. The molecule has 0 spiro atoms. The number of amides is 1. The molecule has 1 amide bonds. The van der Waals surface area contributed by atoms with Gasteiger partial charge in [-0.2, -0.15) is 0 Å². The van der Waals surface area contributed by atoms with Gasteiger partial charge in [-0.05, 0) is 33.6 Å². The molecule has 1 aromatic heterocycles. The zero-order valence-electron chi connectivity index (χ0n) is 12.3. The molecule has 2 aromatic rings. The van der Waals surface area contributed by atoms with E-state index in [0.29, 0.717) is 19.6 Å². The van der Waals surface area contributed by atoms with Crippen molar-refractivity contribution in [2.45, 2.75) is 13.1 Å². The summed E-state index contributed by atoms with van der Waals surface area (Å²) in [5.74, 6) is 0.0290. The molecule has 5 heteroatoms. The number of carbonyl (C=O) groups is 1. The van der Waals surface area contributed by atoms with Crippen molar-refractivity contribution in [3.05, 3.63) is 69.3 Å². The lowest BCUT2D eigenvalue weighted by atomic mass is 10.2. The zero-order chi connectivity index (χ0) is 15.8. The SMILES string of the molecule is C=CCN(CC(=O)NCc1ccccc1)Cc1ccc(Br)s1. The summed E-state index contributed by atoms with van der Waals surface area (Å²) in [7, 11) is 0. The van der Waals surface area contributed by atoms with E-state index in [0.717, 1.165) is 15.9 Å². The van der Waals surface area contributed by atoms with Crippen LogP contribution in [0.15, 0.2) is 58.9 Å². The molecule has 2 rings (SSSR count). The quantitative estimate of drug-likeness (QED) is 0.708. The van der Waals surface area contributed by atoms with Crippen molar-refractivity contribution in [3.63, 3.8) is 0 Å². The number of thiophene rings is 1. The average molecular weight is 379 g/mol. The first kappa shape index (κ1) is 16.9. The van der Waals surface area contributed by atoms with Crippen LogP contribution in [0, 0.1) is 0 Å². The Kier molecular flexibility index (Phi) is 6.83. The standard InChI is InChI=1S/C17H19BrN2OS/c1-2-10-20(12-15-8-9-16(18)22-15)13-17(21)19-11-14-6-4-3-5-7-14/h2-9H,1,10-13H2,(H,19,21). The molecular weight excluding hydrogens is 360 g/mol. The Morgan fingerprint density at radius 2 is 2.05 bits per heavy atom. The van der Waals surface area contributed by atoms with Crippen LogP contribution in [-0.4, -0.2) is 23.9 Å². The third-order valence-electron chi connectivity index (χ3n) is 3.10. The Bertz CT molecular complexity index is 612. The largest absolute Gasteiger partial charge is 0.351 e. The second kappa shape index (κ2) is 8.88. The molecule has 0 atom stereocenters. The molecule has 0 radical (unpaired) electrons. The van der Waals surface area contributed by atoms with Crippen molar-refractivity contribution in [2.75, 3.05) is 13.1 Å². The first-order valence-corrected chi connectivity index (χ1v) is 8.66. The molecule has 0 saturated carbocycles. The van der Waals surface area contributed by atoms with E-state index in [-0.39, 0.29) is 5.91 Å². The lowest BCUT2D eigenvalue weighted by Gasteiger charge is -2.19. The van der Waals surface area contributed by atoms with E-state index >= 15 is 0 Å². The molecule has 22 heavy (non-hydrogen) atoms. The van der Waals surface area contributed by atoms with Gasteiger partial charge in [0.1, 0.15) is 0 Å². The van der Waals surface area contributed by atoms with Crippen molar-refractivity contribution in [1.29, 1.82) is 0 Å². The molecule has 0 aliphatic heterocycles. The molecule has 0 unspecified atom stereocenters. The molecule has 0 aliphatic rings. The van der Waals surface area contributed by atoms with Gasteiger partial charge in [0.2, 0.25) is 5.91 Å². The van der Waals surface area contributed by atoms with E-state index in [2.05, 4.69) is 38.8 Å². The molecule has 0 fully saturated rings. The lowest BCUT2D eigenvalue weighted by molar-refractivity contribution is -0.122. The van der Waals surface area contributed by atoms with Gasteiger partial charge in [-0.1, -0.05) is 36.4 Å². The number of nitrogens with one attached hydrogen (secondary N) is 1. The number of rotatable bonds is 8. The van der Waals surface area contributed by atoms with Gasteiger partial charge in [-0.3, -0.25) is 9.69 Å². The van der Waals surface area contributed by atoms with Gasteiger partial charge in [-0.15, -0.1) is 17.9 Å². The van der Waals surface area contributed by atoms with Crippen LogP contribution < -0.4 is 5.32 Å². The van der Waals surface area contributed by atoms with Crippen molar-refractivity contribution in [2.24, 2.45) is 0 Å². The summed E-state index contributed by atoms with van der Waals surface area (Å²) in [4.78, 5) is 15.4. The predicted octanol–water partition coefficient (Wildman–Crippen LogP) is 3.82. The first-order chi connectivity index (χ1) is 10.7. The van der Waals surface area contributed by atoms with Crippen LogP contribution in [0.25, 0.3) is 0 Å². The fraction of sp³-hybridized carbons (Fsp3) is 0.235. The fourth-order valence-electron chi connectivity index (χ4n) is 2.08. The smallest absolute Gasteiger partial charge is 0.234 e. The number of halogens is 1. The Labute approximate surface area is 143 Å². The number of hydrogen-bond acceptors (Lipinski definition) is 3. The van der Waals surface area contributed by atoms with Gasteiger partial charge in [-0.25, -0.2) is 0 Å². The number of hydrogen-bond donors (Lipinski definition) is 1. The monoisotopic (exact) mass is 378 g/mol. The van der Waals surface area contributed by atoms with Crippen molar-refractivity contribution in [1.82, 2.24) is 10.2 Å². The van der Waals surface area contributed by atoms with E-state index in [4.69, 9.17) is 0 Å². The third-order valence-corrected chi connectivity index (χ3v) is 4.70. The normalized spacial score (nSPS) is 10.6. The zero-order valence-corrected chi connectivity index (χ0v) is 14.7. The molecule has 0 bridgehead atoms.